The summed E-state index contributed by atoms with van der Waals surface area (Å²) < 4.78 is 0. The van der Waals surface area contributed by atoms with Gasteiger partial charge in [-0.2, -0.15) is 0 Å². The van der Waals surface area contributed by atoms with Crippen LogP contribution in [0.1, 0.15) is 58.9 Å². The number of hydrogen-bond donors (Lipinski definition) is 2. The van der Waals surface area contributed by atoms with Crippen molar-refractivity contribution in [3.63, 3.8) is 0 Å². The van der Waals surface area contributed by atoms with Crippen molar-refractivity contribution in [3.05, 3.63) is 64.2 Å². The van der Waals surface area contributed by atoms with Crippen molar-refractivity contribution < 1.29 is 14.7 Å². The minimum absolute atomic E-state index is 0.0914. The third kappa shape index (κ3) is 4.97. The van der Waals surface area contributed by atoms with E-state index in [1.54, 1.807) is 11.0 Å². The minimum atomic E-state index is -0.888. The van der Waals surface area contributed by atoms with Crippen LogP contribution < -0.4 is 10.2 Å². The van der Waals surface area contributed by atoms with Gasteiger partial charge in [0.15, 0.2) is 0 Å². The molecule has 0 spiro atoms. The summed E-state index contributed by atoms with van der Waals surface area (Å²) in [6.45, 7) is 8.96. The van der Waals surface area contributed by atoms with E-state index in [4.69, 9.17) is 0 Å². The second-order valence-corrected chi connectivity index (χ2v) is 8.46. The predicted molar refractivity (Wildman–Crippen MR) is 116 cm³/mol. The van der Waals surface area contributed by atoms with Crippen LogP contribution in [0.4, 0.5) is 5.69 Å². The Morgan fingerprint density at radius 1 is 1.14 bits per heavy atom. The minimum Gasteiger partial charge on any atom is -0.480 e. The number of carbonyl (C=O) groups is 2. The molecule has 1 unspecified atom stereocenters. The third-order valence-corrected chi connectivity index (χ3v) is 5.32. The molecule has 1 aliphatic heterocycles. The van der Waals surface area contributed by atoms with E-state index in [2.05, 4.69) is 51.2 Å². The van der Waals surface area contributed by atoms with E-state index in [1.807, 2.05) is 12.1 Å². The smallest absolute Gasteiger partial charge is 0.323 e. The van der Waals surface area contributed by atoms with Crippen LogP contribution in [0.3, 0.4) is 0 Å². The Labute approximate surface area is 172 Å². The van der Waals surface area contributed by atoms with Crippen LogP contribution in [0.25, 0.3) is 0 Å². The van der Waals surface area contributed by atoms with Gasteiger partial charge < -0.3 is 15.3 Å². The standard InChI is InChI=1S/C24H30N2O3/c1-15(2)10-21(19-12-16(3)11-17(4)13-19)25-24(29)20-7-5-6-18-8-9-26(23(18)20)14-22(27)28/h5-7,11-13,15,21H,8-10,14H2,1-4H3,(H,25,29)(H,27,28). The van der Waals surface area contributed by atoms with Crippen LogP contribution in [0.15, 0.2) is 36.4 Å². The molecule has 0 saturated heterocycles. The van der Waals surface area contributed by atoms with Gasteiger partial charge >= 0.3 is 5.97 Å². The Kier molecular flexibility index (Phi) is 6.26. The fourth-order valence-electron chi connectivity index (χ4n) is 4.24. The fourth-order valence-corrected chi connectivity index (χ4v) is 4.24. The lowest BCUT2D eigenvalue weighted by molar-refractivity contribution is -0.135. The molecule has 1 aliphatic rings. The average Bonchev–Trinajstić information content (AvgIpc) is 3.02. The molecule has 0 aromatic heterocycles. The predicted octanol–water partition coefficient (Wildman–Crippen LogP) is 4.27. The van der Waals surface area contributed by atoms with Crippen LogP contribution in [0, 0.1) is 19.8 Å². The van der Waals surface area contributed by atoms with Gasteiger partial charge in [-0.25, -0.2) is 0 Å². The van der Waals surface area contributed by atoms with Crippen molar-refractivity contribution in [1.29, 1.82) is 0 Å². The van der Waals surface area contributed by atoms with E-state index < -0.39 is 5.97 Å². The average molecular weight is 395 g/mol. The number of hydrogen-bond acceptors (Lipinski definition) is 3. The first kappa shape index (κ1) is 20.9. The Hall–Kier alpha value is -2.82. The largest absolute Gasteiger partial charge is 0.480 e. The van der Waals surface area contributed by atoms with Gasteiger partial charge in [0.1, 0.15) is 6.54 Å². The summed E-state index contributed by atoms with van der Waals surface area (Å²) >= 11 is 0. The lowest BCUT2D eigenvalue weighted by Crippen LogP contribution is -2.33. The van der Waals surface area contributed by atoms with Crippen LogP contribution in [-0.4, -0.2) is 30.1 Å². The first-order chi connectivity index (χ1) is 13.7. The fraction of sp³-hybridized carbons (Fsp3) is 0.417. The summed E-state index contributed by atoms with van der Waals surface area (Å²) in [7, 11) is 0. The van der Waals surface area contributed by atoms with Crippen LogP contribution in [0.2, 0.25) is 0 Å². The van der Waals surface area contributed by atoms with Crippen LogP contribution in [0.5, 0.6) is 0 Å². The highest BCUT2D eigenvalue weighted by Crippen LogP contribution is 2.32. The van der Waals surface area contributed by atoms with Crippen molar-refractivity contribution in [3.8, 4) is 0 Å². The molecule has 5 nitrogen and oxygen atoms in total. The number of aliphatic carboxylic acids is 1. The molecule has 0 saturated carbocycles. The first-order valence-corrected chi connectivity index (χ1v) is 10.2. The molecule has 1 amide bonds. The van der Waals surface area contributed by atoms with Crippen molar-refractivity contribution >= 4 is 17.6 Å². The van der Waals surface area contributed by atoms with Gasteiger partial charge in [0.05, 0.1) is 17.3 Å². The van der Waals surface area contributed by atoms with Gasteiger partial charge in [0.25, 0.3) is 5.91 Å². The third-order valence-electron chi connectivity index (χ3n) is 5.32. The molecule has 3 rings (SSSR count). The van der Waals surface area contributed by atoms with Gasteiger partial charge in [-0.3, -0.25) is 9.59 Å². The Balaban J connectivity index is 1.91. The molecule has 5 heteroatoms. The molecule has 154 valence electrons. The second-order valence-electron chi connectivity index (χ2n) is 8.46. The van der Waals surface area contributed by atoms with E-state index in [0.29, 0.717) is 18.0 Å². The van der Waals surface area contributed by atoms with E-state index in [-0.39, 0.29) is 18.5 Å². The second kappa shape index (κ2) is 8.68. The molecule has 0 radical (unpaired) electrons. The number of carboxylic acid groups (broad SMARTS) is 1. The molecular weight excluding hydrogens is 364 g/mol. The maximum atomic E-state index is 13.3. The van der Waals surface area contributed by atoms with Gasteiger partial charge in [-0.05, 0) is 49.8 Å². The van der Waals surface area contributed by atoms with Crippen molar-refractivity contribution in [1.82, 2.24) is 5.32 Å². The van der Waals surface area contributed by atoms with Gasteiger partial charge in [0.2, 0.25) is 0 Å². The van der Waals surface area contributed by atoms with Crippen molar-refractivity contribution in [2.45, 2.75) is 46.6 Å². The maximum Gasteiger partial charge on any atom is 0.323 e. The number of fused-ring (bicyclic) bond motifs is 1. The zero-order chi connectivity index (χ0) is 21.1. The summed E-state index contributed by atoms with van der Waals surface area (Å²) in [5.74, 6) is -0.615. The Morgan fingerprint density at radius 2 is 1.83 bits per heavy atom. The van der Waals surface area contributed by atoms with Crippen molar-refractivity contribution in [2.24, 2.45) is 5.92 Å². The van der Waals surface area contributed by atoms with Crippen molar-refractivity contribution in [2.75, 3.05) is 18.0 Å². The first-order valence-electron chi connectivity index (χ1n) is 10.2. The number of benzene rings is 2. The topological polar surface area (TPSA) is 69.6 Å². The summed E-state index contributed by atoms with van der Waals surface area (Å²) in [4.78, 5) is 26.3. The van der Waals surface area contributed by atoms with Gasteiger partial charge in [-0.15, -0.1) is 0 Å². The number of aryl methyl sites for hydroxylation is 2. The van der Waals surface area contributed by atoms with Gasteiger partial charge in [0, 0.05) is 6.54 Å². The SMILES string of the molecule is Cc1cc(C)cc(C(CC(C)C)NC(=O)c2cccc3c2N(CC(=O)O)CC3)c1. The number of nitrogens with zero attached hydrogens (tertiary/aromatic N) is 1. The number of nitrogens with one attached hydrogen (secondary N) is 1. The molecule has 0 fully saturated rings. The zero-order valence-corrected chi connectivity index (χ0v) is 17.7. The Bertz CT molecular complexity index is 900. The number of rotatable bonds is 7. The highest BCUT2D eigenvalue weighted by Gasteiger charge is 2.27. The quantitative estimate of drug-likeness (QED) is 0.736. The summed E-state index contributed by atoms with van der Waals surface area (Å²) in [5, 5.41) is 12.5. The van der Waals surface area contributed by atoms with Crippen LogP contribution in [-0.2, 0) is 11.2 Å². The summed E-state index contributed by atoms with van der Waals surface area (Å²) in [5.41, 5.74) is 5.81. The lowest BCUT2D eigenvalue weighted by atomic mass is 9.94. The van der Waals surface area contributed by atoms with Crippen LogP contribution >= 0.6 is 0 Å². The normalized spacial score (nSPS) is 14.0. The monoisotopic (exact) mass is 394 g/mol. The lowest BCUT2D eigenvalue weighted by Gasteiger charge is -2.24. The van der Waals surface area contributed by atoms with E-state index in [0.717, 1.165) is 29.7 Å². The number of anilines is 1. The summed E-state index contributed by atoms with van der Waals surface area (Å²) in [6, 6.07) is 12.0. The van der Waals surface area contributed by atoms with E-state index in [1.165, 1.54) is 11.1 Å². The van der Waals surface area contributed by atoms with E-state index in [9.17, 15) is 14.7 Å². The molecule has 2 aromatic carbocycles. The molecule has 0 bridgehead atoms. The van der Waals surface area contributed by atoms with Gasteiger partial charge in [-0.1, -0.05) is 55.3 Å². The Morgan fingerprint density at radius 3 is 2.45 bits per heavy atom. The number of carbonyl (C=O) groups excluding carboxylic acids is 1. The maximum absolute atomic E-state index is 13.3. The molecule has 2 aromatic rings. The molecule has 0 aliphatic carbocycles. The molecule has 1 heterocycles. The number of para-hydroxylation sites is 1. The molecule has 1 atom stereocenters. The zero-order valence-electron chi connectivity index (χ0n) is 17.7. The molecular formula is C24H30N2O3. The molecule has 2 N–H and O–H groups in total. The highest BCUT2D eigenvalue weighted by atomic mass is 16.4. The molecule has 29 heavy (non-hydrogen) atoms. The number of amides is 1. The summed E-state index contributed by atoms with van der Waals surface area (Å²) in [6.07, 6.45) is 1.60. The number of carboxylic acids is 1. The highest BCUT2D eigenvalue weighted by molar-refractivity contribution is 6.01. The van der Waals surface area contributed by atoms with E-state index >= 15 is 0 Å².